The molecular weight excluding hydrogens is 143 g/mol. The van der Waals surface area contributed by atoms with Crippen LogP contribution in [0.4, 0.5) is 4.39 Å². The van der Waals surface area contributed by atoms with Crippen LogP contribution in [0, 0.1) is 0 Å². The summed E-state index contributed by atoms with van der Waals surface area (Å²) >= 11 is 0. The lowest BCUT2D eigenvalue weighted by Crippen LogP contribution is -1.94. The van der Waals surface area contributed by atoms with Gasteiger partial charge >= 0.3 is 0 Å². The van der Waals surface area contributed by atoms with Gasteiger partial charge in [-0.25, -0.2) is 4.39 Å². The number of carbonyl (C=O) groups excluding carboxylic acids is 1. The van der Waals surface area contributed by atoms with Crippen LogP contribution in [-0.4, -0.2) is 12.5 Å². The zero-order valence-electron chi connectivity index (χ0n) is 6.92. The van der Waals surface area contributed by atoms with E-state index in [0.717, 1.165) is 19.3 Å². The fraction of sp³-hybridized carbons (Fsp3) is 0.667. The van der Waals surface area contributed by atoms with Crippen LogP contribution in [-0.2, 0) is 4.79 Å². The fourth-order valence-corrected chi connectivity index (χ4v) is 0.851. The predicted molar refractivity (Wildman–Crippen MR) is 44.2 cm³/mol. The van der Waals surface area contributed by atoms with Crippen LogP contribution in [0.15, 0.2) is 12.2 Å². The molecule has 0 amide bonds. The van der Waals surface area contributed by atoms with Crippen molar-refractivity contribution in [2.24, 2.45) is 0 Å². The first kappa shape index (κ1) is 10.3. The van der Waals surface area contributed by atoms with Crippen molar-refractivity contribution in [3.05, 3.63) is 12.2 Å². The van der Waals surface area contributed by atoms with E-state index in [0.29, 0.717) is 12.7 Å². The molecule has 0 aliphatic heterocycles. The van der Waals surface area contributed by atoms with Crippen molar-refractivity contribution in [3.8, 4) is 0 Å². The van der Waals surface area contributed by atoms with Gasteiger partial charge in [0.2, 0.25) is 0 Å². The number of aldehydes is 1. The highest BCUT2D eigenvalue weighted by atomic mass is 19.1. The Kier molecular flexibility index (Phi) is 7.00. The Labute approximate surface area is 67.3 Å². The second-order valence-corrected chi connectivity index (χ2v) is 2.53. The Balaban J connectivity index is 3.28. The molecule has 0 heterocycles. The van der Waals surface area contributed by atoms with Gasteiger partial charge in [-0.1, -0.05) is 26.2 Å². The number of rotatable bonds is 6. The average molecular weight is 158 g/mol. The maximum absolute atomic E-state index is 12.7. The van der Waals surface area contributed by atoms with E-state index in [1.807, 2.05) is 0 Å². The van der Waals surface area contributed by atoms with E-state index < -0.39 is 6.17 Å². The second-order valence-electron chi connectivity index (χ2n) is 2.53. The molecule has 0 aliphatic carbocycles. The van der Waals surface area contributed by atoms with Gasteiger partial charge in [0, 0.05) is 0 Å². The van der Waals surface area contributed by atoms with Crippen molar-refractivity contribution in [2.45, 2.75) is 38.8 Å². The maximum Gasteiger partial charge on any atom is 0.142 e. The van der Waals surface area contributed by atoms with E-state index >= 15 is 0 Å². The summed E-state index contributed by atoms with van der Waals surface area (Å²) in [5.74, 6) is 0. The number of hydrogen-bond acceptors (Lipinski definition) is 1. The summed E-state index contributed by atoms with van der Waals surface area (Å²) < 4.78 is 12.7. The van der Waals surface area contributed by atoms with Gasteiger partial charge in [0.05, 0.1) is 0 Å². The minimum atomic E-state index is -0.938. The average Bonchev–Trinajstić information content (AvgIpc) is 2.01. The Morgan fingerprint density at radius 2 is 2.18 bits per heavy atom. The molecule has 0 aromatic carbocycles. The molecule has 0 aromatic rings. The third-order valence-corrected chi connectivity index (χ3v) is 1.48. The van der Waals surface area contributed by atoms with E-state index in [1.54, 1.807) is 0 Å². The zero-order valence-corrected chi connectivity index (χ0v) is 6.92. The Morgan fingerprint density at radius 1 is 1.45 bits per heavy atom. The highest BCUT2D eigenvalue weighted by Crippen LogP contribution is 2.06. The van der Waals surface area contributed by atoms with Gasteiger partial charge in [0.25, 0.3) is 0 Å². The van der Waals surface area contributed by atoms with Crippen LogP contribution in [0.2, 0.25) is 0 Å². The molecule has 0 bridgehead atoms. The number of unbranched alkanes of at least 4 members (excludes halogenated alkanes) is 2. The summed E-state index contributed by atoms with van der Waals surface area (Å²) in [6.07, 6.45) is 5.80. The van der Waals surface area contributed by atoms with E-state index in [-0.39, 0.29) is 0 Å². The molecule has 0 N–H and O–H groups in total. The van der Waals surface area contributed by atoms with E-state index in [4.69, 9.17) is 0 Å². The highest BCUT2D eigenvalue weighted by Gasteiger charge is 1.98. The number of alkyl halides is 1. The van der Waals surface area contributed by atoms with Crippen LogP contribution >= 0.6 is 0 Å². The first-order valence-electron chi connectivity index (χ1n) is 4.07. The summed E-state index contributed by atoms with van der Waals surface area (Å²) in [7, 11) is 0. The Bertz CT molecular complexity index is 121. The number of allylic oxidation sites excluding steroid dienone is 2. The van der Waals surface area contributed by atoms with Gasteiger partial charge in [-0.05, 0) is 18.6 Å². The summed E-state index contributed by atoms with van der Waals surface area (Å²) in [4.78, 5) is 9.79. The summed E-state index contributed by atoms with van der Waals surface area (Å²) in [5, 5.41) is 0. The number of halogens is 1. The first-order valence-corrected chi connectivity index (χ1v) is 4.07. The zero-order chi connectivity index (χ0) is 8.53. The van der Waals surface area contributed by atoms with Gasteiger partial charge in [0.1, 0.15) is 12.5 Å². The molecule has 1 nitrogen and oxygen atoms in total. The molecule has 0 spiro atoms. The van der Waals surface area contributed by atoms with Gasteiger partial charge in [-0.2, -0.15) is 0 Å². The summed E-state index contributed by atoms with van der Waals surface area (Å²) in [6, 6.07) is 0. The van der Waals surface area contributed by atoms with E-state index in [1.165, 1.54) is 12.2 Å². The van der Waals surface area contributed by atoms with Gasteiger partial charge < -0.3 is 0 Å². The second kappa shape index (κ2) is 7.45. The Hall–Kier alpha value is -0.660. The molecule has 0 rings (SSSR count). The van der Waals surface area contributed by atoms with Gasteiger partial charge in [-0.15, -0.1) is 0 Å². The van der Waals surface area contributed by atoms with Crippen molar-refractivity contribution < 1.29 is 9.18 Å². The largest absolute Gasteiger partial charge is 0.299 e. The molecule has 0 saturated heterocycles. The topological polar surface area (TPSA) is 17.1 Å². The molecule has 64 valence electrons. The Morgan fingerprint density at radius 3 is 2.73 bits per heavy atom. The lowest BCUT2D eigenvalue weighted by atomic mass is 10.1. The highest BCUT2D eigenvalue weighted by molar-refractivity contribution is 5.64. The monoisotopic (exact) mass is 158 g/mol. The minimum absolute atomic E-state index is 0.540. The van der Waals surface area contributed by atoms with Gasteiger partial charge in [0.15, 0.2) is 0 Å². The third kappa shape index (κ3) is 7.23. The van der Waals surface area contributed by atoms with Crippen molar-refractivity contribution in [3.63, 3.8) is 0 Å². The standard InChI is InChI=1S/C9H15FO/c1-2-3-4-6-9(10)7-5-8-11/h5,7-9H,2-4,6H2,1H3/b7-5-/t9-/m1/s1. The predicted octanol–water partition coefficient (Wildman–Crippen LogP) is 2.66. The lowest BCUT2D eigenvalue weighted by Gasteiger charge is -1.99. The van der Waals surface area contributed by atoms with Gasteiger partial charge in [-0.3, -0.25) is 4.79 Å². The number of carbonyl (C=O) groups is 1. The van der Waals surface area contributed by atoms with Crippen LogP contribution in [0.1, 0.15) is 32.6 Å². The summed E-state index contributed by atoms with van der Waals surface area (Å²) in [5.41, 5.74) is 0. The molecule has 2 heteroatoms. The molecular formula is C9H15FO. The molecule has 0 saturated carbocycles. The van der Waals surface area contributed by atoms with Crippen molar-refractivity contribution in [2.75, 3.05) is 0 Å². The molecule has 1 atom stereocenters. The molecule has 0 fully saturated rings. The molecule has 0 aliphatic rings. The quantitative estimate of drug-likeness (QED) is 0.330. The molecule has 0 aromatic heterocycles. The smallest absolute Gasteiger partial charge is 0.142 e. The van der Waals surface area contributed by atoms with Crippen LogP contribution in [0.25, 0.3) is 0 Å². The molecule has 0 radical (unpaired) electrons. The molecule has 11 heavy (non-hydrogen) atoms. The summed E-state index contributed by atoms with van der Waals surface area (Å²) in [6.45, 7) is 2.08. The third-order valence-electron chi connectivity index (χ3n) is 1.48. The van der Waals surface area contributed by atoms with Crippen molar-refractivity contribution in [1.82, 2.24) is 0 Å². The first-order chi connectivity index (χ1) is 5.31. The van der Waals surface area contributed by atoms with Crippen molar-refractivity contribution in [1.29, 1.82) is 0 Å². The van der Waals surface area contributed by atoms with E-state index in [2.05, 4.69) is 6.92 Å². The SMILES string of the molecule is CCCCC[C@@H](F)/C=C\C=O. The molecule has 0 unspecified atom stereocenters. The van der Waals surface area contributed by atoms with Crippen LogP contribution in [0.5, 0.6) is 0 Å². The number of hydrogen-bond donors (Lipinski definition) is 0. The van der Waals surface area contributed by atoms with E-state index in [9.17, 15) is 9.18 Å². The fourth-order valence-electron chi connectivity index (χ4n) is 0.851. The van der Waals surface area contributed by atoms with Crippen LogP contribution in [0.3, 0.4) is 0 Å². The minimum Gasteiger partial charge on any atom is -0.299 e. The van der Waals surface area contributed by atoms with Crippen LogP contribution < -0.4 is 0 Å². The van der Waals surface area contributed by atoms with Crippen molar-refractivity contribution >= 4 is 6.29 Å². The normalized spacial score (nSPS) is 13.6. The maximum atomic E-state index is 12.7. The lowest BCUT2D eigenvalue weighted by molar-refractivity contribution is -0.104.